The third kappa shape index (κ3) is 7.41. The van der Waals surface area contributed by atoms with Gasteiger partial charge in [-0.3, -0.25) is 0 Å². The van der Waals surface area contributed by atoms with E-state index >= 15 is 0 Å². The van der Waals surface area contributed by atoms with Gasteiger partial charge in [0.05, 0.1) is 11.0 Å². The molecule has 0 saturated carbocycles. The number of hydrogen-bond donors (Lipinski definition) is 0. The second-order valence-electron chi connectivity index (χ2n) is 21.5. The monoisotopic (exact) mass is 916 g/mol. The number of hydrogen-bond acceptors (Lipinski definition) is 3. The molecular formula is C66H67N4. The summed E-state index contributed by atoms with van der Waals surface area (Å²) in [5.41, 5.74) is 21.8. The molecule has 1 aliphatic carbocycles. The highest BCUT2D eigenvalue weighted by molar-refractivity contribution is 6.10. The Labute approximate surface area is 416 Å². The van der Waals surface area contributed by atoms with Crippen LogP contribution in [-0.4, -0.2) is 17.7 Å². The largest absolute Gasteiger partial charge is 0.339 e. The van der Waals surface area contributed by atoms with Crippen molar-refractivity contribution >= 4 is 50.2 Å². The second-order valence-corrected chi connectivity index (χ2v) is 21.5. The average molecular weight is 916 g/mol. The molecule has 1 radical (unpaired) electrons. The molecule has 0 bridgehead atoms. The summed E-state index contributed by atoms with van der Waals surface area (Å²) in [6, 6.07) is 66.3. The maximum absolute atomic E-state index is 2.68. The van der Waals surface area contributed by atoms with Crippen molar-refractivity contribution in [3.8, 4) is 16.8 Å². The summed E-state index contributed by atoms with van der Waals surface area (Å²) in [6.07, 6.45) is 1.26. The van der Waals surface area contributed by atoms with Crippen LogP contribution in [0.15, 0.2) is 176 Å². The number of aromatic nitrogens is 1. The van der Waals surface area contributed by atoms with Gasteiger partial charge in [0.2, 0.25) is 0 Å². The van der Waals surface area contributed by atoms with Gasteiger partial charge in [-0.25, -0.2) is 0 Å². The quantitative estimate of drug-likeness (QED) is 0.128. The van der Waals surface area contributed by atoms with Gasteiger partial charge in [-0.2, -0.15) is 0 Å². The molecule has 0 spiro atoms. The second kappa shape index (κ2) is 17.7. The minimum absolute atomic E-state index is 0.140. The molecule has 1 aromatic heterocycles. The standard InChI is InChI=1S/C66H67N4/c1-42(2)51-24-18-25-52(43(3)4)63(51)67-38-39-68(64-53(44(5)6)26-19-27-54(64)45(7)8)65(67)46-30-32-48(33-31-46)69(50-34-36-56-55-22-14-16-28-59(55)66(9,10)60(56)41-50)49-35-37-62-58(40-49)57-23-15-17-29-61(57)70(62)47-20-12-11-13-21-47/h11-37,40-45H,38-39H2,1-10H3. The first-order valence-corrected chi connectivity index (χ1v) is 25.7. The van der Waals surface area contributed by atoms with Crippen molar-refractivity contribution in [1.29, 1.82) is 0 Å². The van der Waals surface area contributed by atoms with Gasteiger partial charge in [0.15, 0.2) is 6.17 Å². The van der Waals surface area contributed by atoms with Crippen LogP contribution in [0.1, 0.15) is 132 Å². The van der Waals surface area contributed by atoms with E-state index in [-0.39, 0.29) is 5.41 Å². The van der Waals surface area contributed by atoms with Gasteiger partial charge >= 0.3 is 0 Å². The topological polar surface area (TPSA) is 14.7 Å². The predicted octanol–water partition coefficient (Wildman–Crippen LogP) is 17.9. The van der Waals surface area contributed by atoms with Crippen molar-refractivity contribution in [2.24, 2.45) is 0 Å². The van der Waals surface area contributed by atoms with E-state index in [4.69, 9.17) is 0 Å². The molecule has 0 N–H and O–H groups in total. The van der Waals surface area contributed by atoms with Crippen molar-refractivity contribution in [3.05, 3.63) is 221 Å². The number of nitrogens with zero attached hydrogens (tertiary/aromatic N) is 4. The summed E-state index contributed by atoms with van der Waals surface area (Å²) in [6.45, 7) is 25.3. The van der Waals surface area contributed by atoms with Crippen LogP contribution in [-0.2, 0) is 5.41 Å². The highest BCUT2D eigenvalue weighted by atomic mass is 15.4. The number of anilines is 5. The van der Waals surface area contributed by atoms with Crippen LogP contribution in [0, 0.1) is 6.17 Å². The molecule has 351 valence electrons. The molecule has 4 heteroatoms. The fraction of sp³-hybridized carbons (Fsp3) is 0.258. The van der Waals surface area contributed by atoms with Crippen LogP contribution in [0.5, 0.6) is 0 Å². The van der Waals surface area contributed by atoms with Crippen molar-refractivity contribution in [1.82, 2.24) is 4.57 Å². The lowest BCUT2D eigenvalue weighted by Gasteiger charge is -2.37. The Morgan fingerprint density at radius 3 is 1.50 bits per heavy atom. The Morgan fingerprint density at radius 1 is 0.414 bits per heavy atom. The highest BCUT2D eigenvalue weighted by Crippen LogP contribution is 2.52. The number of para-hydroxylation sites is 4. The zero-order valence-electron chi connectivity index (χ0n) is 42.8. The fourth-order valence-corrected chi connectivity index (χ4v) is 11.9. The maximum atomic E-state index is 2.68. The molecule has 1 saturated heterocycles. The Hall–Kier alpha value is -7.04. The minimum atomic E-state index is -0.140. The summed E-state index contributed by atoms with van der Waals surface area (Å²) in [7, 11) is 0. The molecule has 4 nitrogen and oxygen atoms in total. The summed E-state index contributed by atoms with van der Waals surface area (Å²) in [4.78, 5) is 7.84. The van der Waals surface area contributed by atoms with E-state index in [1.165, 1.54) is 89.4 Å². The first-order chi connectivity index (χ1) is 33.8. The lowest BCUT2D eigenvalue weighted by Crippen LogP contribution is -2.34. The van der Waals surface area contributed by atoms with Gasteiger partial charge in [0, 0.05) is 69.0 Å². The molecule has 0 unspecified atom stereocenters. The Balaban J connectivity index is 1.11. The third-order valence-corrected chi connectivity index (χ3v) is 15.4. The van der Waals surface area contributed by atoms with Crippen LogP contribution in [0.25, 0.3) is 38.6 Å². The van der Waals surface area contributed by atoms with E-state index in [0.717, 1.165) is 35.8 Å². The van der Waals surface area contributed by atoms with Crippen molar-refractivity contribution in [2.75, 3.05) is 27.8 Å². The number of fused-ring (bicyclic) bond motifs is 6. The lowest BCUT2D eigenvalue weighted by atomic mass is 9.82. The van der Waals surface area contributed by atoms with Crippen LogP contribution in [0.4, 0.5) is 28.4 Å². The van der Waals surface area contributed by atoms with Crippen LogP contribution in [0.3, 0.4) is 0 Å². The van der Waals surface area contributed by atoms with Crippen molar-refractivity contribution < 1.29 is 0 Å². The molecule has 0 atom stereocenters. The Morgan fingerprint density at radius 2 is 0.900 bits per heavy atom. The van der Waals surface area contributed by atoms with Crippen molar-refractivity contribution in [2.45, 2.75) is 98.3 Å². The molecule has 0 amide bonds. The predicted molar refractivity (Wildman–Crippen MR) is 299 cm³/mol. The van der Waals surface area contributed by atoms with Gasteiger partial charge in [-0.15, -0.1) is 0 Å². The Bertz CT molecular complexity index is 3260. The normalized spacial score (nSPS) is 14.5. The first kappa shape index (κ1) is 45.4. The number of rotatable bonds is 11. The van der Waals surface area contributed by atoms with Gasteiger partial charge < -0.3 is 19.3 Å². The first-order valence-electron chi connectivity index (χ1n) is 25.7. The van der Waals surface area contributed by atoms with E-state index in [1.807, 2.05) is 0 Å². The zero-order chi connectivity index (χ0) is 48.6. The molecular weight excluding hydrogens is 849 g/mol. The molecule has 8 aromatic carbocycles. The summed E-state index contributed by atoms with van der Waals surface area (Å²) in [5, 5.41) is 2.47. The van der Waals surface area contributed by atoms with Crippen LogP contribution >= 0.6 is 0 Å². The smallest absolute Gasteiger partial charge is 0.187 e. The van der Waals surface area contributed by atoms with Gasteiger partial charge in [-0.1, -0.05) is 184 Å². The zero-order valence-corrected chi connectivity index (χ0v) is 42.8. The molecule has 2 aliphatic rings. The van der Waals surface area contributed by atoms with Gasteiger partial charge in [-0.05, 0) is 129 Å². The van der Waals surface area contributed by atoms with Crippen LogP contribution < -0.4 is 14.7 Å². The molecule has 1 fully saturated rings. The minimum Gasteiger partial charge on any atom is -0.339 e. The highest BCUT2D eigenvalue weighted by Gasteiger charge is 2.40. The maximum Gasteiger partial charge on any atom is 0.187 e. The molecule has 1 aliphatic heterocycles. The van der Waals surface area contributed by atoms with Gasteiger partial charge in [0.25, 0.3) is 0 Å². The average Bonchev–Trinajstić information content (AvgIpc) is 4.02. The molecule has 2 heterocycles. The van der Waals surface area contributed by atoms with E-state index in [1.54, 1.807) is 0 Å². The summed E-state index contributed by atoms with van der Waals surface area (Å²) < 4.78 is 2.41. The summed E-state index contributed by atoms with van der Waals surface area (Å²) >= 11 is 0. The third-order valence-electron chi connectivity index (χ3n) is 15.4. The Kier molecular flexibility index (Phi) is 11.5. The SMILES string of the molecule is CC(C)c1cccc(C(C)C)c1N1CCN(c2c(C(C)C)cccc2C(C)C)[C]1c1ccc(N(c2ccc3c(c2)C(C)(C)c2ccccc2-3)c2ccc3c(c2)c2ccccc2n3-c2ccccc2)cc1. The van der Waals surface area contributed by atoms with Crippen molar-refractivity contribution in [3.63, 3.8) is 0 Å². The molecule has 70 heavy (non-hydrogen) atoms. The van der Waals surface area contributed by atoms with Gasteiger partial charge in [0.1, 0.15) is 0 Å². The fourth-order valence-electron chi connectivity index (χ4n) is 11.9. The number of benzene rings is 8. The van der Waals surface area contributed by atoms with E-state index in [9.17, 15) is 0 Å². The van der Waals surface area contributed by atoms with Crippen LogP contribution in [0.2, 0.25) is 0 Å². The van der Waals surface area contributed by atoms with E-state index < -0.39 is 0 Å². The summed E-state index contributed by atoms with van der Waals surface area (Å²) in [5.74, 6) is 1.49. The lowest BCUT2D eigenvalue weighted by molar-refractivity contribution is 0.660. The molecule has 9 aromatic rings. The van der Waals surface area contributed by atoms with E-state index in [0.29, 0.717) is 23.7 Å². The molecule has 11 rings (SSSR count). The van der Waals surface area contributed by atoms with E-state index in [2.05, 4.69) is 264 Å².